The van der Waals surface area contributed by atoms with Crippen molar-refractivity contribution in [1.82, 2.24) is 0 Å². The quantitative estimate of drug-likeness (QED) is 0.391. The van der Waals surface area contributed by atoms with E-state index in [2.05, 4.69) is 15.9 Å². The highest BCUT2D eigenvalue weighted by molar-refractivity contribution is 9.10. The van der Waals surface area contributed by atoms with Crippen LogP contribution in [0.4, 0.5) is 10.1 Å². The number of carbonyl (C=O) groups excluding carboxylic acids is 1. The van der Waals surface area contributed by atoms with Gasteiger partial charge < -0.3 is 9.15 Å². The lowest BCUT2D eigenvalue weighted by atomic mass is 9.98. The number of hydrogen-bond donors (Lipinski definition) is 0. The van der Waals surface area contributed by atoms with Crippen LogP contribution in [0.5, 0.6) is 5.75 Å². The zero-order valence-electron chi connectivity index (χ0n) is 16.3. The molecule has 2 heterocycles. The van der Waals surface area contributed by atoms with Gasteiger partial charge in [-0.05, 0) is 60.2 Å². The Kier molecular flexibility index (Phi) is 4.63. The second-order valence-corrected chi connectivity index (χ2v) is 8.06. The second-order valence-electron chi connectivity index (χ2n) is 7.15. The second kappa shape index (κ2) is 7.35. The first kappa shape index (κ1) is 19.5. The molecule has 1 atom stereocenters. The summed E-state index contributed by atoms with van der Waals surface area (Å²) in [6.45, 7) is 0. The van der Waals surface area contributed by atoms with Gasteiger partial charge >= 0.3 is 0 Å². The molecule has 4 aromatic rings. The van der Waals surface area contributed by atoms with E-state index in [0.717, 1.165) is 16.1 Å². The number of rotatable bonds is 3. The van der Waals surface area contributed by atoms with Gasteiger partial charge in [-0.25, -0.2) is 4.39 Å². The lowest BCUT2D eigenvalue weighted by Gasteiger charge is -2.25. The molecule has 0 saturated heterocycles. The van der Waals surface area contributed by atoms with Crippen LogP contribution >= 0.6 is 15.9 Å². The minimum Gasteiger partial charge on any atom is -0.497 e. The van der Waals surface area contributed by atoms with Crippen LogP contribution in [0.2, 0.25) is 0 Å². The number of benzene rings is 3. The van der Waals surface area contributed by atoms with Gasteiger partial charge in [0.15, 0.2) is 5.43 Å². The minimum atomic E-state index is -0.725. The van der Waals surface area contributed by atoms with Crippen molar-refractivity contribution in [3.8, 4) is 5.75 Å². The van der Waals surface area contributed by atoms with Gasteiger partial charge in [0.25, 0.3) is 5.91 Å². The van der Waals surface area contributed by atoms with Crippen molar-refractivity contribution in [1.29, 1.82) is 0 Å². The third kappa shape index (κ3) is 3.13. The molecule has 0 spiro atoms. The third-order valence-electron chi connectivity index (χ3n) is 5.35. The number of nitrogens with zero attached hydrogens (tertiary/aromatic N) is 1. The number of amides is 1. The Morgan fingerprint density at radius 1 is 1.03 bits per heavy atom. The summed E-state index contributed by atoms with van der Waals surface area (Å²) < 4.78 is 25.7. The summed E-state index contributed by atoms with van der Waals surface area (Å²) in [6.07, 6.45) is 0. The molecular weight excluding hydrogens is 465 g/mol. The third-order valence-corrected chi connectivity index (χ3v) is 5.84. The van der Waals surface area contributed by atoms with Crippen molar-refractivity contribution in [2.75, 3.05) is 12.0 Å². The lowest BCUT2D eigenvalue weighted by Crippen LogP contribution is -2.29. The van der Waals surface area contributed by atoms with E-state index in [1.165, 1.54) is 17.0 Å². The van der Waals surface area contributed by atoms with Gasteiger partial charge in [0, 0.05) is 10.2 Å². The standard InChI is InChI=1S/C24H15BrFNO4/c1-30-17-8-6-16(7-9-17)27-21(13-3-2-4-14(25)11-13)20-22(28)18-12-15(26)5-10-19(18)31-23(20)24(27)29/h2-12,21H,1H3. The van der Waals surface area contributed by atoms with E-state index in [1.807, 2.05) is 24.3 Å². The largest absolute Gasteiger partial charge is 0.497 e. The molecule has 1 unspecified atom stereocenters. The number of fused-ring (bicyclic) bond motifs is 2. The fourth-order valence-corrected chi connectivity index (χ4v) is 4.36. The topological polar surface area (TPSA) is 59.8 Å². The van der Waals surface area contributed by atoms with Gasteiger partial charge in [0.2, 0.25) is 5.76 Å². The average molecular weight is 480 g/mol. The van der Waals surface area contributed by atoms with Crippen molar-refractivity contribution in [3.05, 3.63) is 104 Å². The summed E-state index contributed by atoms with van der Waals surface area (Å²) >= 11 is 3.46. The van der Waals surface area contributed by atoms with Gasteiger partial charge in [-0.3, -0.25) is 14.5 Å². The Hall–Kier alpha value is -3.45. The first-order valence-electron chi connectivity index (χ1n) is 9.47. The number of halogens is 2. The smallest absolute Gasteiger partial charge is 0.295 e. The summed E-state index contributed by atoms with van der Waals surface area (Å²) in [5, 5.41) is 0.100. The predicted octanol–water partition coefficient (Wildman–Crippen LogP) is 5.45. The number of hydrogen-bond acceptors (Lipinski definition) is 4. The molecule has 7 heteroatoms. The highest BCUT2D eigenvalue weighted by Crippen LogP contribution is 2.42. The van der Waals surface area contributed by atoms with Crippen LogP contribution in [0.15, 0.2) is 80.4 Å². The molecule has 5 nitrogen and oxygen atoms in total. The molecule has 154 valence electrons. The maximum atomic E-state index is 13.9. The van der Waals surface area contributed by atoms with Crippen LogP contribution in [0.25, 0.3) is 11.0 Å². The molecule has 0 N–H and O–H groups in total. The average Bonchev–Trinajstić information content (AvgIpc) is 3.07. The van der Waals surface area contributed by atoms with Crippen molar-refractivity contribution in [2.24, 2.45) is 0 Å². The molecule has 1 aliphatic heterocycles. The molecule has 0 saturated carbocycles. The summed E-state index contributed by atoms with van der Waals surface area (Å²) in [5.74, 6) is -0.379. The van der Waals surface area contributed by atoms with E-state index in [-0.39, 0.29) is 22.3 Å². The van der Waals surface area contributed by atoms with Gasteiger partial charge in [-0.15, -0.1) is 0 Å². The van der Waals surface area contributed by atoms with E-state index >= 15 is 0 Å². The zero-order chi connectivity index (χ0) is 21.7. The van der Waals surface area contributed by atoms with Gasteiger partial charge in [0.05, 0.1) is 24.1 Å². The molecule has 0 bridgehead atoms. The molecule has 0 fully saturated rings. The Labute approximate surface area is 184 Å². The molecule has 0 aliphatic carbocycles. The van der Waals surface area contributed by atoms with Gasteiger partial charge in [-0.2, -0.15) is 0 Å². The predicted molar refractivity (Wildman–Crippen MR) is 118 cm³/mol. The number of methoxy groups -OCH3 is 1. The first-order valence-corrected chi connectivity index (χ1v) is 10.3. The van der Waals surface area contributed by atoms with Crippen molar-refractivity contribution in [2.45, 2.75) is 6.04 Å². The van der Waals surface area contributed by atoms with Crippen LogP contribution < -0.4 is 15.1 Å². The fraction of sp³-hybridized carbons (Fsp3) is 0.0833. The Balaban J connectivity index is 1.80. The monoisotopic (exact) mass is 479 g/mol. The maximum Gasteiger partial charge on any atom is 0.295 e. The fourth-order valence-electron chi connectivity index (χ4n) is 3.95. The van der Waals surface area contributed by atoms with E-state index in [0.29, 0.717) is 11.4 Å². The summed E-state index contributed by atoms with van der Waals surface area (Å²) in [7, 11) is 1.56. The molecule has 1 aliphatic rings. The van der Waals surface area contributed by atoms with E-state index in [1.54, 1.807) is 31.4 Å². The highest BCUT2D eigenvalue weighted by Gasteiger charge is 2.43. The molecule has 5 rings (SSSR count). The number of ether oxygens (including phenoxy) is 1. The number of anilines is 1. The van der Waals surface area contributed by atoms with E-state index < -0.39 is 23.2 Å². The number of carbonyl (C=O) groups is 1. The van der Waals surface area contributed by atoms with Crippen LogP contribution in [0.1, 0.15) is 27.7 Å². The van der Waals surface area contributed by atoms with Crippen molar-refractivity contribution < 1.29 is 18.3 Å². The SMILES string of the molecule is COc1ccc(N2C(=O)c3oc4ccc(F)cc4c(=O)c3C2c2cccc(Br)c2)cc1. The summed E-state index contributed by atoms with van der Waals surface area (Å²) in [4.78, 5) is 28.4. The van der Waals surface area contributed by atoms with Gasteiger partial charge in [0.1, 0.15) is 17.1 Å². The summed E-state index contributed by atoms with van der Waals surface area (Å²) in [6, 6.07) is 17.3. The van der Waals surface area contributed by atoms with Crippen LogP contribution in [0.3, 0.4) is 0 Å². The molecule has 31 heavy (non-hydrogen) atoms. The molecular formula is C24H15BrFNO4. The Morgan fingerprint density at radius 3 is 2.52 bits per heavy atom. The first-order chi connectivity index (χ1) is 15.0. The van der Waals surface area contributed by atoms with Crippen molar-refractivity contribution >= 4 is 38.5 Å². The van der Waals surface area contributed by atoms with Gasteiger partial charge in [-0.1, -0.05) is 28.1 Å². The van der Waals surface area contributed by atoms with Crippen molar-refractivity contribution in [3.63, 3.8) is 0 Å². The zero-order valence-corrected chi connectivity index (χ0v) is 17.9. The minimum absolute atomic E-state index is 0.0371. The highest BCUT2D eigenvalue weighted by atomic mass is 79.9. The molecule has 3 aromatic carbocycles. The summed E-state index contributed by atoms with van der Waals surface area (Å²) in [5.41, 5.74) is 1.24. The van der Waals surface area contributed by atoms with Crippen LogP contribution in [-0.4, -0.2) is 13.0 Å². The lowest BCUT2D eigenvalue weighted by molar-refractivity contribution is 0.0971. The van der Waals surface area contributed by atoms with E-state index in [9.17, 15) is 14.0 Å². The molecule has 0 radical (unpaired) electrons. The van der Waals surface area contributed by atoms with Crippen LogP contribution in [-0.2, 0) is 0 Å². The van der Waals surface area contributed by atoms with E-state index in [4.69, 9.17) is 9.15 Å². The van der Waals surface area contributed by atoms with Crippen LogP contribution in [0, 0.1) is 5.82 Å². The Bertz CT molecular complexity index is 1400. The molecule has 1 amide bonds. The molecule has 1 aromatic heterocycles. The Morgan fingerprint density at radius 2 is 1.81 bits per heavy atom. The normalized spacial score (nSPS) is 15.4. The maximum absolute atomic E-state index is 13.9.